The van der Waals surface area contributed by atoms with Crippen LogP contribution in [0.4, 0.5) is 0 Å². The Morgan fingerprint density at radius 1 is 1.13 bits per heavy atom. The van der Waals surface area contributed by atoms with Gasteiger partial charge in [0.05, 0.1) is 12.7 Å². The van der Waals surface area contributed by atoms with Crippen LogP contribution in [-0.2, 0) is 32.0 Å². The van der Waals surface area contributed by atoms with Crippen LogP contribution in [0.3, 0.4) is 0 Å². The lowest BCUT2D eigenvalue weighted by Gasteiger charge is -2.33. The number of fused-ring (bicyclic) bond motifs is 1. The molecule has 1 aromatic carbocycles. The molecule has 1 aliphatic rings. The van der Waals surface area contributed by atoms with Crippen molar-refractivity contribution in [1.29, 1.82) is 0 Å². The molecule has 1 aliphatic heterocycles. The molecule has 0 N–H and O–H groups in total. The molecule has 0 fully saturated rings. The number of esters is 1. The number of hydrogen-bond acceptors (Lipinski definition) is 5. The molecule has 166 valence electrons. The standard InChI is InChI=1S/C25H32N2O4/c1-15-8-10-18(11-9-15)22-19-14-27(17(3)28)13-12-20(19)26-16(2)21(22)23(24(29)30-7)31-25(4,5)6/h8-11,23H,12-14H2,1-7H3. The molecule has 0 spiro atoms. The van der Waals surface area contributed by atoms with Gasteiger partial charge in [0.2, 0.25) is 5.91 Å². The lowest BCUT2D eigenvalue weighted by molar-refractivity contribution is -0.164. The van der Waals surface area contributed by atoms with Crippen LogP contribution in [0.2, 0.25) is 0 Å². The number of ether oxygens (including phenoxy) is 2. The fourth-order valence-corrected chi connectivity index (χ4v) is 4.03. The molecular formula is C25H32N2O4. The fraction of sp³-hybridized carbons (Fsp3) is 0.480. The summed E-state index contributed by atoms with van der Waals surface area (Å²) in [6, 6.07) is 8.19. The summed E-state index contributed by atoms with van der Waals surface area (Å²) < 4.78 is 11.3. The largest absolute Gasteiger partial charge is 0.467 e. The second-order valence-corrected chi connectivity index (χ2v) is 9.10. The Morgan fingerprint density at radius 2 is 1.77 bits per heavy atom. The molecule has 0 saturated carbocycles. The maximum absolute atomic E-state index is 12.9. The van der Waals surface area contributed by atoms with Crippen LogP contribution < -0.4 is 0 Å². The zero-order valence-corrected chi connectivity index (χ0v) is 19.5. The van der Waals surface area contributed by atoms with Crippen molar-refractivity contribution in [3.05, 3.63) is 52.3 Å². The molecule has 6 nitrogen and oxygen atoms in total. The first-order chi connectivity index (χ1) is 14.5. The average molecular weight is 425 g/mol. The Labute approximate surface area is 184 Å². The lowest BCUT2D eigenvalue weighted by Crippen LogP contribution is -2.36. The van der Waals surface area contributed by atoms with Gasteiger partial charge >= 0.3 is 5.97 Å². The summed E-state index contributed by atoms with van der Waals surface area (Å²) in [5.41, 5.74) is 5.83. The summed E-state index contributed by atoms with van der Waals surface area (Å²) in [4.78, 5) is 31.7. The number of pyridine rings is 1. The lowest BCUT2D eigenvalue weighted by atomic mass is 9.87. The number of carbonyl (C=O) groups excluding carboxylic acids is 2. The van der Waals surface area contributed by atoms with E-state index >= 15 is 0 Å². The second kappa shape index (κ2) is 8.79. The van der Waals surface area contributed by atoms with Crippen molar-refractivity contribution in [2.45, 2.75) is 66.2 Å². The van der Waals surface area contributed by atoms with E-state index in [2.05, 4.69) is 0 Å². The molecular weight excluding hydrogens is 392 g/mol. The normalized spacial score (nSPS) is 14.7. The highest BCUT2D eigenvalue weighted by atomic mass is 16.6. The topological polar surface area (TPSA) is 68.7 Å². The van der Waals surface area contributed by atoms with Gasteiger partial charge < -0.3 is 14.4 Å². The Kier molecular flexibility index (Phi) is 6.51. The third-order valence-electron chi connectivity index (χ3n) is 5.51. The average Bonchev–Trinajstić information content (AvgIpc) is 2.70. The molecule has 0 bridgehead atoms. The molecule has 0 radical (unpaired) electrons. The van der Waals surface area contributed by atoms with Crippen molar-refractivity contribution in [3.8, 4) is 11.1 Å². The molecule has 1 unspecified atom stereocenters. The maximum Gasteiger partial charge on any atom is 0.339 e. The van der Waals surface area contributed by atoms with Gasteiger partial charge in [-0.1, -0.05) is 29.8 Å². The quantitative estimate of drug-likeness (QED) is 0.685. The van der Waals surface area contributed by atoms with Gasteiger partial charge in [-0.3, -0.25) is 9.78 Å². The molecule has 1 atom stereocenters. The molecule has 0 saturated heterocycles. The van der Waals surface area contributed by atoms with E-state index in [1.165, 1.54) is 7.11 Å². The first kappa shape index (κ1) is 22.9. The summed E-state index contributed by atoms with van der Waals surface area (Å²) in [6.07, 6.45) is -0.246. The molecule has 2 aromatic rings. The fourth-order valence-electron chi connectivity index (χ4n) is 4.03. The summed E-state index contributed by atoms with van der Waals surface area (Å²) in [5, 5.41) is 0. The monoisotopic (exact) mass is 424 g/mol. The predicted octanol–water partition coefficient (Wildman–Crippen LogP) is 4.30. The van der Waals surface area contributed by atoms with Crippen molar-refractivity contribution in [3.63, 3.8) is 0 Å². The van der Waals surface area contributed by atoms with E-state index < -0.39 is 17.7 Å². The van der Waals surface area contributed by atoms with E-state index in [1.807, 2.05) is 63.8 Å². The minimum atomic E-state index is -0.924. The van der Waals surface area contributed by atoms with E-state index in [0.717, 1.165) is 33.6 Å². The number of benzene rings is 1. The zero-order chi connectivity index (χ0) is 22.9. The molecule has 1 amide bonds. The number of hydrogen-bond donors (Lipinski definition) is 0. The second-order valence-electron chi connectivity index (χ2n) is 9.10. The van der Waals surface area contributed by atoms with Crippen molar-refractivity contribution in [1.82, 2.24) is 9.88 Å². The van der Waals surface area contributed by atoms with E-state index in [9.17, 15) is 9.59 Å². The predicted molar refractivity (Wildman–Crippen MR) is 120 cm³/mol. The van der Waals surface area contributed by atoms with Gasteiger partial charge in [-0.05, 0) is 45.7 Å². The molecule has 0 aliphatic carbocycles. The van der Waals surface area contributed by atoms with Crippen LogP contribution in [0.1, 0.15) is 61.9 Å². The van der Waals surface area contributed by atoms with Gasteiger partial charge in [0.25, 0.3) is 0 Å². The zero-order valence-electron chi connectivity index (χ0n) is 19.5. The molecule has 2 heterocycles. The van der Waals surface area contributed by atoms with Crippen molar-refractivity contribution >= 4 is 11.9 Å². The van der Waals surface area contributed by atoms with Gasteiger partial charge in [-0.2, -0.15) is 0 Å². The van der Waals surface area contributed by atoms with Gasteiger partial charge in [0.1, 0.15) is 0 Å². The highest BCUT2D eigenvalue weighted by Gasteiger charge is 2.35. The number of methoxy groups -OCH3 is 1. The highest BCUT2D eigenvalue weighted by Crippen LogP contribution is 2.40. The van der Waals surface area contributed by atoms with Crippen molar-refractivity contribution in [2.75, 3.05) is 13.7 Å². The van der Waals surface area contributed by atoms with Crippen LogP contribution in [-0.4, -0.2) is 41.0 Å². The number of aromatic nitrogens is 1. The smallest absolute Gasteiger partial charge is 0.339 e. The number of aryl methyl sites for hydroxylation is 2. The first-order valence-electron chi connectivity index (χ1n) is 10.6. The SMILES string of the molecule is COC(=O)C(OC(C)(C)C)c1c(C)nc2c(c1-c1ccc(C)cc1)CN(C(C)=O)CC2. The maximum atomic E-state index is 12.9. The Balaban J connectivity index is 2.31. The Bertz CT molecular complexity index is 990. The third-order valence-corrected chi connectivity index (χ3v) is 5.51. The molecule has 3 rings (SSSR count). The van der Waals surface area contributed by atoms with Gasteiger partial charge in [-0.25, -0.2) is 4.79 Å². The molecule has 6 heteroatoms. The third kappa shape index (κ3) is 4.96. The van der Waals surface area contributed by atoms with Gasteiger partial charge in [0.15, 0.2) is 6.10 Å². The van der Waals surface area contributed by atoms with E-state index in [0.29, 0.717) is 25.1 Å². The first-order valence-corrected chi connectivity index (χ1v) is 10.6. The number of amides is 1. The van der Waals surface area contributed by atoms with Crippen molar-refractivity contribution in [2.24, 2.45) is 0 Å². The minimum Gasteiger partial charge on any atom is -0.467 e. The van der Waals surface area contributed by atoms with Crippen LogP contribution in [0.25, 0.3) is 11.1 Å². The molecule has 31 heavy (non-hydrogen) atoms. The van der Waals surface area contributed by atoms with Crippen LogP contribution >= 0.6 is 0 Å². The summed E-state index contributed by atoms with van der Waals surface area (Å²) in [5.74, 6) is -0.439. The van der Waals surface area contributed by atoms with Gasteiger partial charge in [-0.15, -0.1) is 0 Å². The van der Waals surface area contributed by atoms with Crippen LogP contribution in [0, 0.1) is 13.8 Å². The number of carbonyl (C=O) groups is 2. The minimum absolute atomic E-state index is 0.0260. The van der Waals surface area contributed by atoms with Crippen molar-refractivity contribution < 1.29 is 19.1 Å². The Morgan fingerprint density at radius 3 is 2.32 bits per heavy atom. The van der Waals surface area contributed by atoms with Gasteiger partial charge in [0, 0.05) is 48.9 Å². The number of rotatable bonds is 4. The summed E-state index contributed by atoms with van der Waals surface area (Å²) in [6.45, 7) is 12.4. The molecule has 1 aromatic heterocycles. The van der Waals surface area contributed by atoms with E-state index in [4.69, 9.17) is 14.5 Å². The van der Waals surface area contributed by atoms with Crippen LogP contribution in [0.15, 0.2) is 24.3 Å². The summed E-state index contributed by atoms with van der Waals surface area (Å²) >= 11 is 0. The van der Waals surface area contributed by atoms with Crippen LogP contribution in [0.5, 0.6) is 0 Å². The Hall–Kier alpha value is -2.73. The number of nitrogens with zero attached hydrogens (tertiary/aromatic N) is 2. The van der Waals surface area contributed by atoms with E-state index in [1.54, 1.807) is 6.92 Å². The van der Waals surface area contributed by atoms with E-state index in [-0.39, 0.29) is 5.91 Å². The highest BCUT2D eigenvalue weighted by molar-refractivity contribution is 5.84. The summed E-state index contributed by atoms with van der Waals surface area (Å²) in [7, 11) is 1.37.